The Morgan fingerprint density at radius 3 is 2.30 bits per heavy atom. The third-order valence-corrected chi connectivity index (χ3v) is 5.56. The average Bonchev–Trinajstić information content (AvgIpc) is 2.73. The predicted molar refractivity (Wildman–Crippen MR) is 111 cm³/mol. The van der Waals surface area contributed by atoms with E-state index < -0.39 is 11.7 Å². The van der Waals surface area contributed by atoms with E-state index >= 15 is 0 Å². The smallest absolute Gasteiger partial charge is 0.336 e. The first-order chi connectivity index (χ1) is 14.3. The topological polar surface area (TPSA) is 52.7 Å². The van der Waals surface area contributed by atoms with Gasteiger partial charge in [-0.05, 0) is 48.7 Å². The number of carbonyl (C=O) groups is 2. The molecule has 0 bridgehead atoms. The van der Waals surface area contributed by atoms with Crippen molar-refractivity contribution in [2.75, 3.05) is 44.3 Å². The molecule has 2 aromatic carbocycles. The van der Waals surface area contributed by atoms with E-state index in [1.54, 1.807) is 16.7 Å². The van der Waals surface area contributed by atoms with Crippen LogP contribution in [0.2, 0.25) is 0 Å². The Balaban J connectivity index is 1.49. The number of hydrogen-bond donors (Lipinski definition) is 1. The molecule has 0 spiro atoms. The highest BCUT2D eigenvalue weighted by Crippen LogP contribution is 2.29. The normalized spacial score (nSPS) is 15.1. The van der Waals surface area contributed by atoms with Crippen LogP contribution in [0, 0.1) is 0 Å². The van der Waals surface area contributed by atoms with E-state index in [2.05, 4.69) is 5.32 Å². The van der Waals surface area contributed by atoms with Crippen LogP contribution in [-0.4, -0.2) is 60.6 Å². The molecule has 0 unspecified atom stereocenters. The second kappa shape index (κ2) is 9.53. The zero-order chi connectivity index (χ0) is 21.7. The van der Waals surface area contributed by atoms with Crippen molar-refractivity contribution in [2.45, 2.75) is 11.1 Å². The average molecular weight is 437 g/mol. The molecule has 0 radical (unpaired) electrons. The first-order valence-electron chi connectivity index (χ1n) is 9.39. The number of anilines is 1. The number of hydrogen-bond acceptors (Lipinski definition) is 4. The molecule has 1 aliphatic rings. The van der Waals surface area contributed by atoms with Crippen molar-refractivity contribution in [1.29, 1.82) is 0 Å². The third-order valence-electron chi connectivity index (χ3n) is 4.84. The van der Waals surface area contributed by atoms with E-state index in [1.165, 1.54) is 12.1 Å². The van der Waals surface area contributed by atoms with E-state index in [1.807, 2.05) is 35.4 Å². The number of alkyl halides is 3. The molecule has 0 atom stereocenters. The maximum Gasteiger partial charge on any atom is 0.416 e. The van der Waals surface area contributed by atoms with Crippen molar-refractivity contribution >= 4 is 29.3 Å². The van der Waals surface area contributed by atoms with Crippen LogP contribution in [0.1, 0.15) is 15.9 Å². The molecule has 0 saturated carbocycles. The lowest BCUT2D eigenvalue weighted by Crippen LogP contribution is -2.50. The summed E-state index contributed by atoms with van der Waals surface area (Å²) in [5.41, 5.74) is 0.184. The Morgan fingerprint density at radius 2 is 1.70 bits per heavy atom. The van der Waals surface area contributed by atoms with E-state index in [4.69, 9.17) is 0 Å². The van der Waals surface area contributed by atoms with E-state index in [-0.39, 0.29) is 23.9 Å². The van der Waals surface area contributed by atoms with Gasteiger partial charge < -0.3 is 10.2 Å². The van der Waals surface area contributed by atoms with Crippen LogP contribution in [-0.2, 0) is 11.0 Å². The zero-order valence-corrected chi connectivity index (χ0v) is 17.2. The van der Waals surface area contributed by atoms with Crippen LogP contribution in [0.3, 0.4) is 0 Å². The molecular formula is C21H22F3N3O2S. The van der Waals surface area contributed by atoms with E-state index in [0.717, 1.165) is 22.7 Å². The number of thioether (sulfide) groups is 1. The number of amides is 2. The van der Waals surface area contributed by atoms with Crippen LogP contribution in [0.4, 0.5) is 18.9 Å². The lowest BCUT2D eigenvalue weighted by Gasteiger charge is -2.34. The summed E-state index contributed by atoms with van der Waals surface area (Å²) < 4.78 is 38.0. The summed E-state index contributed by atoms with van der Waals surface area (Å²) in [5, 5.41) is 2.87. The van der Waals surface area contributed by atoms with Gasteiger partial charge in [0.15, 0.2) is 0 Å². The molecule has 160 valence electrons. The third kappa shape index (κ3) is 5.76. The second-order valence-electron chi connectivity index (χ2n) is 6.92. The molecule has 9 heteroatoms. The molecule has 1 N–H and O–H groups in total. The second-order valence-corrected chi connectivity index (χ2v) is 7.80. The quantitative estimate of drug-likeness (QED) is 0.723. The highest BCUT2D eigenvalue weighted by Gasteiger charge is 2.30. The maximum absolute atomic E-state index is 12.7. The SMILES string of the molecule is CSc1cccc(NC(=O)CN2CCN(C(=O)c3ccc(C(F)(F)F)cc3)CC2)c1. The Kier molecular flexibility index (Phi) is 7.04. The Bertz CT molecular complexity index is 895. The Hall–Kier alpha value is -2.52. The molecule has 3 rings (SSSR count). The van der Waals surface area contributed by atoms with E-state index in [0.29, 0.717) is 26.2 Å². The van der Waals surface area contributed by atoms with Crippen LogP contribution in [0.15, 0.2) is 53.4 Å². The highest BCUT2D eigenvalue weighted by atomic mass is 32.2. The van der Waals surface area contributed by atoms with Gasteiger partial charge in [0.2, 0.25) is 5.91 Å². The van der Waals surface area contributed by atoms with Crippen LogP contribution in [0.25, 0.3) is 0 Å². The van der Waals surface area contributed by atoms with Crippen molar-refractivity contribution in [3.8, 4) is 0 Å². The van der Waals surface area contributed by atoms with E-state index in [9.17, 15) is 22.8 Å². The fraction of sp³-hybridized carbons (Fsp3) is 0.333. The number of nitrogens with one attached hydrogen (secondary N) is 1. The molecule has 1 fully saturated rings. The largest absolute Gasteiger partial charge is 0.416 e. The molecule has 0 aliphatic carbocycles. The minimum absolute atomic E-state index is 0.129. The van der Waals surface area contributed by atoms with Gasteiger partial charge in [-0.1, -0.05) is 6.07 Å². The standard InChI is InChI=1S/C21H22F3N3O2S/c1-30-18-4-2-3-17(13-18)25-19(28)14-26-9-11-27(12-10-26)20(29)15-5-7-16(8-6-15)21(22,23)24/h2-8,13H,9-12,14H2,1H3,(H,25,28). The number of piperazine rings is 1. The summed E-state index contributed by atoms with van der Waals surface area (Å²) in [7, 11) is 0. The van der Waals surface area contributed by atoms with Crippen molar-refractivity contribution < 1.29 is 22.8 Å². The summed E-state index contributed by atoms with van der Waals surface area (Å²) in [6.07, 6.45) is -2.46. The van der Waals surface area contributed by atoms with Crippen LogP contribution >= 0.6 is 11.8 Å². The van der Waals surface area contributed by atoms with Crippen molar-refractivity contribution in [1.82, 2.24) is 9.80 Å². The van der Waals surface area contributed by atoms with Crippen LogP contribution < -0.4 is 5.32 Å². The molecular weight excluding hydrogens is 415 g/mol. The van der Waals surface area contributed by atoms with Gasteiger partial charge in [0.05, 0.1) is 12.1 Å². The van der Waals surface area contributed by atoms with Gasteiger partial charge in [0.1, 0.15) is 0 Å². The number of carbonyl (C=O) groups excluding carboxylic acids is 2. The first kappa shape index (κ1) is 22.2. The van der Waals surface area contributed by atoms with Gasteiger partial charge in [-0.3, -0.25) is 14.5 Å². The molecule has 2 aromatic rings. The summed E-state index contributed by atoms with van der Waals surface area (Å²) >= 11 is 1.59. The highest BCUT2D eigenvalue weighted by molar-refractivity contribution is 7.98. The molecule has 1 saturated heterocycles. The monoisotopic (exact) mass is 437 g/mol. The number of benzene rings is 2. The number of halogens is 3. The lowest BCUT2D eigenvalue weighted by molar-refractivity contribution is -0.137. The van der Waals surface area contributed by atoms with Gasteiger partial charge in [-0.15, -0.1) is 11.8 Å². The van der Waals surface area contributed by atoms with Gasteiger partial charge in [0.25, 0.3) is 5.91 Å². The molecule has 30 heavy (non-hydrogen) atoms. The minimum atomic E-state index is -4.43. The zero-order valence-electron chi connectivity index (χ0n) is 16.4. The van der Waals surface area contributed by atoms with Gasteiger partial charge in [-0.25, -0.2) is 0 Å². The van der Waals surface area contributed by atoms with Gasteiger partial charge >= 0.3 is 6.18 Å². The fourth-order valence-electron chi connectivity index (χ4n) is 3.20. The summed E-state index contributed by atoms with van der Waals surface area (Å²) in [6.45, 7) is 2.07. The lowest BCUT2D eigenvalue weighted by atomic mass is 10.1. The Labute approximate surface area is 177 Å². The van der Waals surface area contributed by atoms with Crippen LogP contribution in [0.5, 0.6) is 0 Å². The van der Waals surface area contributed by atoms with Gasteiger partial charge in [-0.2, -0.15) is 13.2 Å². The molecule has 0 aromatic heterocycles. The molecule has 2 amide bonds. The molecule has 5 nitrogen and oxygen atoms in total. The Morgan fingerprint density at radius 1 is 1.03 bits per heavy atom. The summed E-state index contributed by atoms with van der Waals surface area (Å²) in [6, 6.07) is 11.8. The van der Waals surface area contributed by atoms with Crippen molar-refractivity contribution in [2.24, 2.45) is 0 Å². The van der Waals surface area contributed by atoms with Gasteiger partial charge in [0, 0.05) is 42.3 Å². The van der Waals surface area contributed by atoms with Crippen molar-refractivity contribution in [3.05, 3.63) is 59.7 Å². The summed E-state index contributed by atoms with van der Waals surface area (Å²) in [4.78, 5) is 29.4. The number of rotatable bonds is 5. The minimum Gasteiger partial charge on any atom is -0.336 e. The molecule has 1 heterocycles. The maximum atomic E-state index is 12.7. The predicted octanol–water partition coefficient (Wildman–Crippen LogP) is 3.82. The van der Waals surface area contributed by atoms with Crippen molar-refractivity contribution in [3.63, 3.8) is 0 Å². The molecule has 1 aliphatic heterocycles. The number of nitrogens with zero attached hydrogens (tertiary/aromatic N) is 2. The first-order valence-corrected chi connectivity index (χ1v) is 10.6. The summed E-state index contributed by atoms with van der Waals surface area (Å²) in [5.74, 6) is -0.433. The fourth-order valence-corrected chi connectivity index (χ4v) is 3.66.